The normalized spacial score (nSPS) is 17.2. The van der Waals surface area contributed by atoms with Crippen LogP contribution in [0.2, 0.25) is 0 Å². The smallest absolute Gasteiger partial charge is 0.0487 e. The first kappa shape index (κ1) is 13.1. The van der Waals surface area contributed by atoms with E-state index in [-0.39, 0.29) is 0 Å². The maximum absolute atomic E-state index is 6.11. The third-order valence-corrected chi connectivity index (χ3v) is 4.97. The molecule has 1 aromatic carbocycles. The van der Waals surface area contributed by atoms with Crippen LogP contribution in [0, 0.1) is 0 Å². The number of thiophene rings is 1. The Balaban J connectivity index is 1.96. The standard InChI is InChI=1S/C16H22N2S/c1-2-9-18(12-7-8-12)15(10-17)14-11-19-16-6-4-3-5-13(14)16/h3-6,11-12,15H,2,7-10,17H2,1H3. The van der Waals surface area contributed by atoms with Gasteiger partial charge in [0.05, 0.1) is 0 Å². The van der Waals surface area contributed by atoms with Crippen molar-refractivity contribution in [3.05, 3.63) is 35.2 Å². The molecule has 0 aliphatic heterocycles. The number of hydrogen-bond acceptors (Lipinski definition) is 3. The van der Waals surface area contributed by atoms with E-state index in [9.17, 15) is 0 Å². The molecule has 2 aromatic rings. The van der Waals surface area contributed by atoms with Gasteiger partial charge in [0.15, 0.2) is 0 Å². The molecular weight excluding hydrogens is 252 g/mol. The lowest BCUT2D eigenvalue weighted by atomic mass is 10.0. The van der Waals surface area contributed by atoms with Crippen LogP contribution in [0.1, 0.15) is 37.8 Å². The Labute approximate surface area is 119 Å². The molecule has 3 heteroatoms. The number of hydrogen-bond donors (Lipinski definition) is 1. The van der Waals surface area contributed by atoms with Gasteiger partial charge in [-0.1, -0.05) is 25.1 Å². The van der Waals surface area contributed by atoms with Crippen LogP contribution in [-0.2, 0) is 0 Å². The summed E-state index contributed by atoms with van der Waals surface area (Å²) in [4.78, 5) is 2.63. The van der Waals surface area contributed by atoms with E-state index < -0.39 is 0 Å². The van der Waals surface area contributed by atoms with Crippen molar-refractivity contribution in [3.63, 3.8) is 0 Å². The number of benzene rings is 1. The molecule has 102 valence electrons. The summed E-state index contributed by atoms with van der Waals surface area (Å²) in [7, 11) is 0. The van der Waals surface area contributed by atoms with Crippen LogP contribution in [0.5, 0.6) is 0 Å². The molecule has 1 saturated carbocycles. The summed E-state index contributed by atoms with van der Waals surface area (Å²) in [5, 5.41) is 3.71. The third kappa shape index (κ3) is 2.55. The zero-order valence-electron chi connectivity index (χ0n) is 11.5. The van der Waals surface area contributed by atoms with Gasteiger partial charge in [-0.25, -0.2) is 0 Å². The molecule has 1 heterocycles. The summed E-state index contributed by atoms with van der Waals surface area (Å²) < 4.78 is 1.38. The lowest BCUT2D eigenvalue weighted by molar-refractivity contribution is 0.193. The predicted molar refractivity (Wildman–Crippen MR) is 83.6 cm³/mol. The molecule has 1 aliphatic rings. The van der Waals surface area contributed by atoms with Crippen molar-refractivity contribution in [1.29, 1.82) is 0 Å². The Hall–Kier alpha value is -0.900. The average Bonchev–Trinajstić information content (AvgIpc) is 3.20. The Kier molecular flexibility index (Phi) is 3.87. The van der Waals surface area contributed by atoms with E-state index in [1.165, 1.54) is 34.9 Å². The lowest BCUT2D eigenvalue weighted by Gasteiger charge is -2.30. The number of rotatable bonds is 6. The highest BCUT2D eigenvalue weighted by molar-refractivity contribution is 7.17. The summed E-state index contributed by atoms with van der Waals surface area (Å²) in [6.07, 6.45) is 3.90. The van der Waals surface area contributed by atoms with E-state index in [4.69, 9.17) is 5.73 Å². The van der Waals surface area contributed by atoms with Crippen molar-refractivity contribution in [2.45, 2.75) is 38.3 Å². The molecule has 0 spiro atoms. The Morgan fingerprint density at radius 2 is 2.16 bits per heavy atom. The van der Waals surface area contributed by atoms with Gasteiger partial charge >= 0.3 is 0 Å². The Morgan fingerprint density at radius 3 is 2.84 bits per heavy atom. The zero-order chi connectivity index (χ0) is 13.2. The van der Waals surface area contributed by atoms with Gasteiger partial charge in [-0.15, -0.1) is 11.3 Å². The van der Waals surface area contributed by atoms with Gasteiger partial charge in [-0.2, -0.15) is 0 Å². The first-order valence-electron chi connectivity index (χ1n) is 7.27. The fraction of sp³-hybridized carbons (Fsp3) is 0.500. The van der Waals surface area contributed by atoms with E-state index >= 15 is 0 Å². The highest BCUT2D eigenvalue weighted by atomic mass is 32.1. The van der Waals surface area contributed by atoms with Crippen LogP contribution in [0.4, 0.5) is 0 Å². The number of fused-ring (bicyclic) bond motifs is 1. The first-order chi connectivity index (χ1) is 9.35. The van der Waals surface area contributed by atoms with E-state index in [1.807, 2.05) is 11.3 Å². The summed E-state index contributed by atoms with van der Waals surface area (Å²) in [6.45, 7) is 4.14. The summed E-state index contributed by atoms with van der Waals surface area (Å²) in [5.41, 5.74) is 7.55. The van der Waals surface area contributed by atoms with Crippen LogP contribution < -0.4 is 5.73 Å². The summed E-state index contributed by atoms with van der Waals surface area (Å²) >= 11 is 1.84. The van der Waals surface area contributed by atoms with Gasteiger partial charge in [-0.3, -0.25) is 4.90 Å². The minimum atomic E-state index is 0.392. The lowest BCUT2D eigenvalue weighted by Crippen LogP contribution is -2.36. The van der Waals surface area contributed by atoms with E-state index in [0.29, 0.717) is 6.04 Å². The minimum Gasteiger partial charge on any atom is -0.329 e. The van der Waals surface area contributed by atoms with Crippen molar-refractivity contribution in [2.75, 3.05) is 13.1 Å². The molecule has 0 saturated heterocycles. The third-order valence-electron chi connectivity index (χ3n) is 3.99. The van der Waals surface area contributed by atoms with Crippen molar-refractivity contribution in [1.82, 2.24) is 4.90 Å². The molecule has 1 unspecified atom stereocenters. The molecule has 19 heavy (non-hydrogen) atoms. The van der Waals surface area contributed by atoms with Crippen LogP contribution in [0.25, 0.3) is 10.1 Å². The van der Waals surface area contributed by atoms with Crippen LogP contribution in [0.15, 0.2) is 29.6 Å². The molecule has 0 bridgehead atoms. The number of nitrogens with two attached hydrogens (primary N) is 1. The molecule has 1 aromatic heterocycles. The van der Waals surface area contributed by atoms with E-state index in [1.54, 1.807) is 0 Å². The van der Waals surface area contributed by atoms with Gasteiger partial charge in [0.25, 0.3) is 0 Å². The number of nitrogens with zero attached hydrogens (tertiary/aromatic N) is 1. The van der Waals surface area contributed by atoms with Crippen molar-refractivity contribution in [3.8, 4) is 0 Å². The molecule has 1 atom stereocenters. The van der Waals surface area contributed by atoms with Gasteiger partial charge in [0, 0.05) is 23.3 Å². The van der Waals surface area contributed by atoms with Crippen molar-refractivity contribution in [2.24, 2.45) is 5.73 Å². The summed E-state index contributed by atoms with van der Waals surface area (Å²) in [6, 6.07) is 9.85. The zero-order valence-corrected chi connectivity index (χ0v) is 12.3. The molecular formula is C16H22N2S. The van der Waals surface area contributed by atoms with Gasteiger partial charge < -0.3 is 5.73 Å². The monoisotopic (exact) mass is 274 g/mol. The quantitative estimate of drug-likeness (QED) is 0.868. The second-order valence-corrected chi connectivity index (χ2v) is 6.32. The average molecular weight is 274 g/mol. The topological polar surface area (TPSA) is 29.3 Å². The second-order valence-electron chi connectivity index (χ2n) is 5.41. The van der Waals surface area contributed by atoms with Gasteiger partial charge in [0.1, 0.15) is 0 Å². The molecule has 2 nitrogen and oxygen atoms in total. The van der Waals surface area contributed by atoms with Gasteiger partial charge in [0.2, 0.25) is 0 Å². The van der Waals surface area contributed by atoms with Gasteiger partial charge in [-0.05, 0) is 48.2 Å². The maximum Gasteiger partial charge on any atom is 0.0487 e. The summed E-state index contributed by atoms with van der Waals surface area (Å²) in [5.74, 6) is 0. The van der Waals surface area contributed by atoms with Crippen molar-refractivity contribution >= 4 is 21.4 Å². The SMILES string of the molecule is CCCN(C1CC1)C(CN)c1csc2ccccc12. The molecule has 0 amide bonds. The van der Waals surface area contributed by atoms with Crippen LogP contribution in [0.3, 0.4) is 0 Å². The van der Waals surface area contributed by atoms with Crippen molar-refractivity contribution < 1.29 is 0 Å². The predicted octanol–water partition coefficient (Wildman–Crippen LogP) is 3.78. The van der Waals surface area contributed by atoms with E-state index in [0.717, 1.165) is 19.1 Å². The Bertz CT molecular complexity index is 544. The van der Waals surface area contributed by atoms with Crippen LogP contribution >= 0.6 is 11.3 Å². The molecule has 1 aliphatic carbocycles. The highest BCUT2D eigenvalue weighted by Gasteiger charge is 2.34. The van der Waals surface area contributed by atoms with Crippen LogP contribution in [-0.4, -0.2) is 24.0 Å². The fourth-order valence-corrected chi connectivity index (χ4v) is 3.96. The first-order valence-corrected chi connectivity index (χ1v) is 8.15. The minimum absolute atomic E-state index is 0.392. The van der Waals surface area contributed by atoms with E-state index in [2.05, 4.69) is 41.5 Å². The molecule has 3 rings (SSSR count). The maximum atomic E-state index is 6.11. The molecule has 0 radical (unpaired) electrons. The molecule has 2 N–H and O–H groups in total. The highest BCUT2D eigenvalue weighted by Crippen LogP contribution is 2.38. The molecule has 1 fully saturated rings. The Morgan fingerprint density at radius 1 is 1.37 bits per heavy atom. The largest absolute Gasteiger partial charge is 0.329 e. The second kappa shape index (κ2) is 5.61. The fourth-order valence-electron chi connectivity index (χ4n) is 2.95.